The first kappa shape index (κ1) is 18.4. The molecule has 0 atom stereocenters. The lowest BCUT2D eigenvalue weighted by Crippen LogP contribution is -2.46. The normalized spacial score (nSPS) is 18.0. The summed E-state index contributed by atoms with van der Waals surface area (Å²) in [6, 6.07) is 8.32. The van der Waals surface area contributed by atoms with Crippen molar-refractivity contribution in [1.29, 1.82) is 0 Å². The van der Waals surface area contributed by atoms with E-state index in [-0.39, 0.29) is 5.56 Å². The number of hydrogen-bond acceptors (Lipinski definition) is 5. The Morgan fingerprint density at radius 3 is 2.52 bits per heavy atom. The van der Waals surface area contributed by atoms with E-state index >= 15 is 0 Å². The van der Waals surface area contributed by atoms with Crippen molar-refractivity contribution in [3.63, 3.8) is 0 Å². The van der Waals surface area contributed by atoms with Gasteiger partial charge in [-0.1, -0.05) is 24.4 Å². The molecule has 7 heteroatoms. The molecule has 29 heavy (non-hydrogen) atoms. The number of anilines is 2. The zero-order chi connectivity index (χ0) is 19.8. The molecule has 2 fully saturated rings. The molecule has 0 amide bonds. The summed E-state index contributed by atoms with van der Waals surface area (Å²) in [4.78, 5) is 26.2. The highest BCUT2D eigenvalue weighted by atomic mass is 35.5. The summed E-state index contributed by atoms with van der Waals surface area (Å²) in [7, 11) is 0. The Labute approximate surface area is 174 Å². The number of pyridine rings is 1. The highest BCUT2D eigenvalue weighted by molar-refractivity contribution is 6.33. The predicted molar refractivity (Wildman–Crippen MR) is 117 cm³/mol. The van der Waals surface area contributed by atoms with Crippen LogP contribution in [0.5, 0.6) is 0 Å². The molecule has 0 radical (unpaired) electrons. The van der Waals surface area contributed by atoms with Crippen LogP contribution in [0.2, 0.25) is 5.02 Å². The molecular formula is C22H24ClN5O. The number of halogens is 1. The summed E-state index contributed by atoms with van der Waals surface area (Å²) < 4.78 is 1.84. The molecule has 0 N–H and O–H groups in total. The zero-order valence-corrected chi connectivity index (χ0v) is 17.1. The summed E-state index contributed by atoms with van der Waals surface area (Å²) in [5.41, 5.74) is 3.02. The van der Waals surface area contributed by atoms with Crippen LogP contribution in [0.3, 0.4) is 0 Å². The van der Waals surface area contributed by atoms with Gasteiger partial charge in [-0.25, -0.2) is 4.98 Å². The highest BCUT2D eigenvalue weighted by Gasteiger charge is 2.21. The predicted octanol–water partition coefficient (Wildman–Crippen LogP) is 3.89. The van der Waals surface area contributed by atoms with E-state index in [0.717, 1.165) is 55.9 Å². The lowest BCUT2D eigenvalue weighted by atomic mass is 10.1. The number of piperazine rings is 1. The fraction of sp³-hybridized carbons (Fsp3) is 0.409. The van der Waals surface area contributed by atoms with E-state index in [1.165, 1.54) is 12.8 Å². The van der Waals surface area contributed by atoms with Gasteiger partial charge in [-0.2, -0.15) is 0 Å². The standard InChI is InChI=1S/C22H24ClN5O/c23-19-14-24-8-7-21(19)27-11-9-26(10-12-27)17-5-6-18-20(13-17)25-15-28(22(18)29)16-3-1-2-4-16/h5-8,13-16H,1-4,9-12H2. The van der Waals surface area contributed by atoms with Gasteiger partial charge in [0, 0.05) is 50.3 Å². The van der Waals surface area contributed by atoms with Gasteiger partial charge in [0.05, 0.1) is 27.9 Å². The van der Waals surface area contributed by atoms with Crippen molar-refractivity contribution in [2.45, 2.75) is 31.7 Å². The van der Waals surface area contributed by atoms with Crippen LogP contribution in [-0.4, -0.2) is 40.7 Å². The number of hydrogen-bond donors (Lipinski definition) is 0. The summed E-state index contributed by atoms with van der Waals surface area (Å²) >= 11 is 6.29. The minimum atomic E-state index is 0.0885. The highest BCUT2D eigenvalue weighted by Crippen LogP contribution is 2.29. The summed E-state index contributed by atoms with van der Waals surface area (Å²) in [5.74, 6) is 0. The van der Waals surface area contributed by atoms with E-state index < -0.39 is 0 Å². The minimum absolute atomic E-state index is 0.0885. The van der Waals surface area contributed by atoms with Crippen LogP contribution in [0.25, 0.3) is 10.9 Å². The van der Waals surface area contributed by atoms with Gasteiger partial charge in [0.15, 0.2) is 0 Å². The van der Waals surface area contributed by atoms with Gasteiger partial charge in [-0.05, 0) is 37.1 Å². The van der Waals surface area contributed by atoms with Gasteiger partial charge >= 0.3 is 0 Å². The van der Waals surface area contributed by atoms with Crippen molar-refractivity contribution in [1.82, 2.24) is 14.5 Å². The Kier molecular flexibility index (Phi) is 4.87. The van der Waals surface area contributed by atoms with Crippen LogP contribution in [0.1, 0.15) is 31.7 Å². The monoisotopic (exact) mass is 409 g/mol. The molecule has 5 rings (SSSR count). The third-order valence-corrected chi connectivity index (χ3v) is 6.51. The van der Waals surface area contributed by atoms with Gasteiger partial charge in [0.25, 0.3) is 5.56 Å². The van der Waals surface area contributed by atoms with E-state index in [4.69, 9.17) is 11.6 Å². The average Bonchev–Trinajstić information content (AvgIpc) is 3.29. The lowest BCUT2D eigenvalue weighted by molar-refractivity contribution is 0.499. The van der Waals surface area contributed by atoms with Gasteiger partial charge in [0.1, 0.15) is 0 Å². The maximum atomic E-state index is 12.9. The van der Waals surface area contributed by atoms with Crippen LogP contribution >= 0.6 is 11.6 Å². The first-order valence-corrected chi connectivity index (χ1v) is 10.7. The molecule has 1 saturated carbocycles. The topological polar surface area (TPSA) is 54.3 Å². The van der Waals surface area contributed by atoms with E-state index in [1.807, 2.05) is 22.8 Å². The van der Waals surface area contributed by atoms with Crippen LogP contribution in [-0.2, 0) is 0 Å². The van der Waals surface area contributed by atoms with E-state index in [1.54, 1.807) is 18.7 Å². The molecule has 6 nitrogen and oxygen atoms in total. The van der Waals surface area contributed by atoms with Crippen LogP contribution < -0.4 is 15.4 Å². The third-order valence-electron chi connectivity index (χ3n) is 6.22. The number of nitrogens with zero attached hydrogens (tertiary/aromatic N) is 5. The molecule has 2 aliphatic rings. The zero-order valence-electron chi connectivity index (χ0n) is 16.3. The minimum Gasteiger partial charge on any atom is -0.368 e. The van der Waals surface area contributed by atoms with Crippen molar-refractivity contribution in [2.75, 3.05) is 36.0 Å². The Morgan fingerprint density at radius 2 is 1.76 bits per heavy atom. The summed E-state index contributed by atoms with van der Waals surface area (Å²) in [5, 5.41) is 1.40. The van der Waals surface area contributed by atoms with Gasteiger partial charge in [-0.3, -0.25) is 14.3 Å². The van der Waals surface area contributed by atoms with Crippen molar-refractivity contribution < 1.29 is 0 Å². The fourth-order valence-electron chi connectivity index (χ4n) is 4.59. The second kappa shape index (κ2) is 7.67. The maximum absolute atomic E-state index is 12.9. The Hall–Kier alpha value is -2.60. The van der Waals surface area contributed by atoms with Crippen molar-refractivity contribution >= 4 is 33.9 Å². The van der Waals surface area contributed by atoms with Crippen molar-refractivity contribution in [2.24, 2.45) is 0 Å². The molecule has 3 heterocycles. The molecule has 0 unspecified atom stereocenters. The largest absolute Gasteiger partial charge is 0.368 e. The molecular weight excluding hydrogens is 386 g/mol. The molecule has 1 aliphatic carbocycles. The molecule has 1 aromatic carbocycles. The second-order valence-electron chi connectivity index (χ2n) is 7.90. The average molecular weight is 410 g/mol. The molecule has 2 aromatic heterocycles. The smallest absolute Gasteiger partial charge is 0.261 e. The summed E-state index contributed by atoms with van der Waals surface area (Å²) in [6.45, 7) is 3.56. The van der Waals surface area contributed by atoms with Gasteiger partial charge in [-0.15, -0.1) is 0 Å². The van der Waals surface area contributed by atoms with E-state index in [2.05, 4.69) is 25.8 Å². The van der Waals surface area contributed by atoms with Crippen molar-refractivity contribution in [3.05, 3.63) is 58.4 Å². The molecule has 1 saturated heterocycles. The Bertz CT molecular complexity index is 1080. The molecule has 3 aromatic rings. The summed E-state index contributed by atoms with van der Waals surface area (Å²) in [6.07, 6.45) is 9.77. The third kappa shape index (κ3) is 3.46. The SMILES string of the molecule is O=c1c2ccc(N3CCN(c4ccncc4Cl)CC3)cc2ncn1C1CCCC1. The Morgan fingerprint density at radius 1 is 1.00 bits per heavy atom. The van der Waals surface area contributed by atoms with Crippen LogP contribution in [0.15, 0.2) is 47.8 Å². The van der Waals surface area contributed by atoms with E-state index in [9.17, 15) is 4.79 Å². The molecule has 1 aliphatic heterocycles. The first-order chi connectivity index (χ1) is 14.2. The second-order valence-corrected chi connectivity index (χ2v) is 8.31. The number of aromatic nitrogens is 3. The van der Waals surface area contributed by atoms with Crippen LogP contribution in [0, 0.1) is 0 Å². The molecule has 150 valence electrons. The lowest BCUT2D eigenvalue weighted by Gasteiger charge is -2.37. The van der Waals surface area contributed by atoms with Crippen LogP contribution in [0.4, 0.5) is 11.4 Å². The Balaban J connectivity index is 1.35. The first-order valence-electron chi connectivity index (χ1n) is 10.3. The number of benzene rings is 1. The van der Waals surface area contributed by atoms with Gasteiger partial charge in [0.2, 0.25) is 0 Å². The molecule has 0 bridgehead atoms. The molecule has 0 spiro atoms. The number of fused-ring (bicyclic) bond motifs is 1. The van der Waals surface area contributed by atoms with Crippen molar-refractivity contribution in [3.8, 4) is 0 Å². The maximum Gasteiger partial charge on any atom is 0.261 e. The number of rotatable bonds is 3. The van der Waals surface area contributed by atoms with E-state index in [0.29, 0.717) is 16.5 Å². The quantitative estimate of drug-likeness (QED) is 0.657. The van der Waals surface area contributed by atoms with Gasteiger partial charge < -0.3 is 9.80 Å². The fourth-order valence-corrected chi connectivity index (χ4v) is 4.83.